The van der Waals surface area contributed by atoms with E-state index < -0.39 is 8.25 Å². The van der Waals surface area contributed by atoms with Gasteiger partial charge in [0.25, 0.3) is 0 Å². The van der Waals surface area contributed by atoms with Gasteiger partial charge < -0.3 is 19.8 Å². The van der Waals surface area contributed by atoms with Crippen LogP contribution in [0.3, 0.4) is 0 Å². The van der Waals surface area contributed by atoms with Crippen molar-refractivity contribution in [2.75, 3.05) is 0 Å². The van der Waals surface area contributed by atoms with Gasteiger partial charge in [-0.1, -0.05) is 0 Å². The second kappa shape index (κ2) is 9.30. The predicted molar refractivity (Wildman–Crippen MR) is 18.9 cm³/mol. The SMILES string of the molecule is O=[PH]([O-])O.[Mg+2].[OH-]. The minimum Gasteiger partial charge on any atom is -0.870 e. The van der Waals surface area contributed by atoms with E-state index in [9.17, 15) is 0 Å². The topological polar surface area (TPSA) is 90.4 Å². The average molecular weight is 122 g/mol. The van der Waals surface area contributed by atoms with Crippen LogP contribution in [-0.4, -0.2) is 33.4 Å². The normalized spacial score (nSPS) is 10.3. The van der Waals surface area contributed by atoms with Crippen molar-refractivity contribution in [3.05, 3.63) is 0 Å². The van der Waals surface area contributed by atoms with E-state index in [4.69, 9.17) is 14.4 Å². The van der Waals surface area contributed by atoms with Crippen molar-refractivity contribution in [3.63, 3.8) is 0 Å². The van der Waals surface area contributed by atoms with Crippen LogP contribution in [0.25, 0.3) is 0 Å². The fourth-order valence-corrected chi connectivity index (χ4v) is 0. The molecule has 0 rings (SSSR count). The quantitative estimate of drug-likeness (QED) is 0.302. The fourth-order valence-electron chi connectivity index (χ4n) is 0. The molecule has 0 aliphatic carbocycles. The van der Waals surface area contributed by atoms with Crippen LogP contribution >= 0.6 is 8.25 Å². The maximum absolute atomic E-state index is 8.63. The van der Waals surface area contributed by atoms with Gasteiger partial charge in [-0.15, -0.1) is 0 Å². The summed E-state index contributed by atoms with van der Waals surface area (Å²) in [6, 6.07) is 0. The van der Waals surface area contributed by atoms with Gasteiger partial charge in [0.05, 0.1) is 0 Å². The third-order valence-corrected chi connectivity index (χ3v) is 0. The second-order valence-electron chi connectivity index (χ2n) is 0.266. The summed E-state index contributed by atoms with van der Waals surface area (Å²) < 4.78 is 8.63. The molecule has 2 N–H and O–H groups in total. The largest absolute Gasteiger partial charge is 2.00 e. The van der Waals surface area contributed by atoms with Crippen LogP contribution in [0.4, 0.5) is 0 Å². The van der Waals surface area contributed by atoms with Crippen molar-refractivity contribution < 1.29 is 19.8 Å². The summed E-state index contributed by atoms with van der Waals surface area (Å²) >= 11 is 0. The van der Waals surface area contributed by atoms with Gasteiger partial charge in [0, 0.05) is 0 Å². The molecule has 0 fully saturated rings. The van der Waals surface area contributed by atoms with Crippen molar-refractivity contribution in [2.24, 2.45) is 0 Å². The molecular weight excluding hydrogens is 119 g/mol. The average Bonchev–Trinajstić information content (AvgIpc) is 0.811. The maximum atomic E-state index is 8.63. The first kappa shape index (κ1) is 15.8. The summed E-state index contributed by atoms with van der Waals surface area (Å²) in [5.41, 5.74) is 0. The van der Waals surface area contributed by atoms with Crippen LogP contribution in [-0.2, 0) is 4.57 Å². The van der Waals surface area contributed by atoms with Gasteiger partial charge in [0.15, 0.2) is 0 Å². The molecular formula is H3MgO4P. The molecule has 34 valence electrons. The molecule has 0 saturated carbocycles. The summed E-state index contributed by atoms with van der Waals surface area (Å²) in [6.07, 6.45) is 0. The third kappa shape index (κ3) is 95.4. The Kier molecular flexibility index (Phi) is 24.5. The minimum absolute atomic E-state index is 0. The van der Waals surface area contributed by atoms with E-state index in [1.807, 2.05) is 0 Å². The third-order valence-electron chi connectivity index (χ3n) is 0. The molecule has 0 aliphatic rings. The molecule has 0 radical (unpaired) electrons. The standard InChI is InChI=1S/Mg.H3O3P.H2O/c;1-4(2)3;/h;4H,(H2,1,2,3);1H2/q+2;;/p-2. The monoisotopic (exact) mass is 122 g/mol. The van der Waals surface area contributed by atoms with Gasteiger partial charge in [0.1, 0.15) is 8.25 Å². The Hall–Kier alpha value is 0.876. The molecule has 0 aromatic rings. The van der Waals surface area contributed by atoms with Gasteiger partial charge >= 0.3 is 23.1 Å². The summed E-state index contributed by atoms with van der Waals surface area (Å²) in [5, 5.41) is 0. The molecule has 0 aromatic carbocycles. The van der Waals surface area contributed by atoms with E-state index >= 15 is 0 Å². The Morgan fingerprint density at radius 2 is 1.67 bits per heavy atom. The van der Waals surface area contributed by atoms with Gasteiger partial charge in [-0.05, 0) is 0 Å². The van der Waals surface area contributed by atoms with Crippen LogP contribution in [0.1, 0.15) is 0 Å². The maximum Gasteiger partial charge on any atom is 2.00 e. The summed E-state index contributed by atoms with van der Waals surface area (Å²) in [4.78, 5) is 15.7. The Bertz CT molecular complexity index is 30.5. The zero-order chi connectivity index (χ0) is 3.58. The second-order valence-corrected chi connectivity index (χ2v) is 0.798. The van der Waals surface area contributed by atoms with Crippen LogP contribution in [0.15, 0.2) is 0 Å². The van der Waals surface area contributed by atoms with Crippen molar-refractivity contribution in [2.45, 2.75) is 0 Å². The van der Waals surface area contributed by atoms with Crippen LogP contribution in [0, 0.1) is 0 Å². The first-order valence-electron chi connectivity index (χ1n) is 0.632. The van der Waals surface area contributed by atoms with E-state index in [2.05, 4.69) is 0 Å². The predicted octanol–water partition coefficient (Wildman–Crippen LogP) is -1.83. The molecule has 4 nitrogen and oxygen atoms in total. The Balaban J connectivity index is -0.0000000450. The summed E-state index contributed by atoms with van der Waals surface area (Å²) in [7, 11) is -3.38. The van der Waals surface area contributed by atoms with Crippen molar-refractivity contribution in [1.29, 1.82) is 0 Å². The molecule has 0 saturated heterocycles. The van der Waals surface area contributed by atoms with Crippen LogP contribution in [0.2, 0.25) is 0 Å². The molecule has 0 aliphatic heterocycles. The summed E-state index contributed by atoms with van der Waals surface area (Å²) in [5.74, 6) is 0. The van der Waals surface area contributed by atoms with Crippen molar-refractivity contribution in [3.8, 4) is 0 Å². The van der Waals surface area contributed by atoms with E-state index in [0.29, 0.717) is 0 Å². The van der Waals surface area contributed by atoms with E-state index in [1.165, 1.54) is 0 Å². The van der Waals surface area contributed by atoms with Gasteiger partial charge in [-0.3, -0.25) is 0 Å². The molecule has 0 aromatic heterocycles. The van der Waals surface area contributed by atoms with E-state index in [0.717, 1.165) is 0 Å². The zero-order valence-electron chi connectivity index (χ0n) is 2.92. The number of hydrogen-bond acceptors (Lipinski definition) is 3. The molecule has 0 spiro atoms. The minimum atomic E-state index is -3.38. The molecule has 1 atom stereocenters. The zero-order valence-corrected chi connectivity index (χ0v) is 5.33. The van der Waals surface area contributed by atoms with Crippen LogP contribution < -0.4 is 4.89 Å². The Morgan fingerprint density at radius 3 is 1.67 bits per heavy atom. The summed E-state index contributed by atoms with van der Waals surface area (Å²) in [6.45, 7) is 0. The molecule has 1 unspecified atom stereocenters. The van der Waals surface area contributed by atoms with Crippen LogP contribution in [0.5, 0.6) is 0 Å². The first-order valence-corrected chi connectivity index (χ1v) is 1.90. The molecule has 6 heavy (non-hydrogen) atoms. The molecule has 6 heteroatoms. The molecule has 0 bridgehead atoms. The van der Waals surface area contributed by atoms with Gasteiger partial charge in [0.2, 0.25) is 0 Å². The smallest absolute Gasteiger partial charge is 0.870 e. The molecule has 0 heterocycles. The Labute approximate surface area is 51.6 Å². The van der Waals surface area contributed by atoms with Crippen molar-refractivity contribution >= 4 is 31.3 Å². The fraction of sp³-hybridized carbons (Fsp3) is 0. The van der Waals surface area contributed by atoms with Gasteiger partial charge in [-0.2, -0.15) is 0 Å². The van der Waals surface area contributed by atoms with Gasteiger partial charge in [-0.25, -0.2) is 0 Å². The van der Waals surface area contributed by atoms with Crippen molar-refractivity contribution in [1.82, 2.24) is 0 Å². The number of hydrogen-bond donors (Lipinski definition) is 1. The molecule has 0 amide bonds. The first-order chi connectivity index (χ1) is 1.73. The number of rotatable bonds is 0. The van der Waals surface area contributed by atoms with E-state index in [1.54, 1.807) is 0 Å². The van der Waals surface area contributed by atoms with E-state index in [-0.39, 0.29) is 28.5 Å². The Morgan fingerprint density at radius 1 is 1.67 bits per heavy atom.